The molecule has 6 heteroatoms. The maximum Gasteiger partial charge on any atom is 0.407 e. The lowest BCUT2D eigenvalue weighted by Crippen LogP contribution is -2.44. The summed E-state index contributed by atoms with van der Waals surface area (Å²) in [5, 5.41) is 9.39. The lowest BCUT2D eigenvalue weighted by Gasteiger charge is -2.31. The first kappa shape index (κ1) is 18.6. The van der Waals surface area contributed by atoms with Gasteiger partial charge < -0.3 is 15.4 Å². The van der Waals surface area contributed by atoms with Gasteiger partial charge in [0.2, 0.25) is 0 Å². The number of rotatable bonds is 5. The Morgan fingerprint density at radius 1 is 1.48 bits per heavy atom. The number of thiophene rings is 1. The molecular weight excluding hydrogens is 328 g/mol. The maximum absolute atomic E-state index is 11.8. The van der Waals surface area contributed by atoms with Crippen LogP contribution in [0.25, 0.3) is 0 Å². The van der Waals surface area contributed by atoms with Crippen LogP contribution in [0, 0.1) is 0 Å². The van der Waals surface area contributed by atoms with Crippen molar-refractivity contribution < 1.29 is 9.53 Å². The number of alkyl carbamates (subject to hydrolysis) is 1. The van der Waals surface area contributed by atoms with Crippen LogP contribution in [0.2, 0.25) is 0 Å². The number of carbonyl (C=O) groups excluding carboxylic acids is 1. The molecule has 1 aliphatic heterocycles. The zero-order chi connectivity index (χ0) is 17.0. The van der Waals surface area contributed by atoms with Gasteiger partial charge in [0.1, 0.15) is 5.60 Å². The topological polar surface area (TPSA) is 50.4 Å². The first-order valence-corrected chi connectivity index (χ1v) is 10.0. The fraction of sp³-hybridized carbons (Fsp3) is 0.706. The average Bonchev–Trinajstić information content (AvgIpc) is 2.89. The molecule has 1 aromatic rings. The van der Waals surface area contributed by atoms with E-state index in [-0.39, 0.29) is 12.1 Å². The predicted octanol–water partition coefficient (Wildman–Crippen LogP) is 4.57. The van der Waals surface area contributed by atoms with Gasteiger partial charge in [0.15, 0.2) is 0 Å². The van der Waals surface area contributed by atoms with Crippen molar-refractivity contribution in [1.82, 2.24) is 10.6 Å². The van der Waals surface area contributed by atoms with Gasteiger partial charge in [0.05, 0.1) is 4.21 Å². The molecule has 0 bridgehead atoms. The predicted molar refractivity (Wildman–Crippen MR) is 98.4 cm³/mol. The third-order valence-electron chi connectivity index (χ3n) is 3.73. The number of amides is 1. The summed E-state index contributed by atoms with van der Waals surface area (Å²) in [6, 6.07) is 2.85. The van der Waals surface area contributed by atoms with Gasteiger partial charge in [-0.05, 0) is 50.6 Å². The summed E-state index contributed by atoms with van der Waals surface area (Å²) in [4.78, 5) is 11.8. The highest BCUT2D eigenvalue weighted by atomic mass is 32.2. The molecule has 0 aliphatic carbocycles. The second-order valence-corrected chi connectivity index (χ2v) is 9.66. The largest absolute Gasteiger partial charge is 0.444 e. The van der Waals surface area contributed by atoms with Crippen molar-refractivity contribution in [1.29, 1.82) is 0 Å². The van der Waals surface area contributed by atoms with E-state index in [1.54, 1.807) is 0 Å². The summed E-state index contributed by atoms with van der Waals surface area (Å²) < 4.78 is 6.73. The monoisotopic (exact) mass is 356 g/mol. The van der Waals surface area contributed by atoms with E-state index in [0.717, 1.165) is 12.8 Å². The highest BCUT2D eigenvalue weighted by Gasteiger charge is 2.28. The maximum atomic E-state index is 11.8. The van der Waals surface area contributed by atoms with Crippen molar-refractivity contribution in [2.75, 3.05) is 6.54 Å². The van der Waals surface area contributed by atoms with E-state index in [1.165, 1.54) is 9.77 Å². The second kappa shape index (κ2) is 7.90. The van der Waals surface area contributed by atoms with Crippen LogP contribution in [0.15, 0.2) is 15.7 Å². The van der Waals surface area contributed by atoms with E-state index in [9.17, 15) is 4.79 Å². The Morgan fingerprint density at radius 3 is 2.87 bits per heavy atom. The molecule has 2 heterocycles. The molecule has 23 heavy (non-hydrogen) atoms. The van der Waals surface area contributed by atoms with Crippen LogP contribution < -0.4 is 10.6 Å². The highest BCUT2D eigenvalue weighted by molar-refractivity contribution is 8.01. The van der Waals surface area contributed by atoms with E-state index in [1.807, 2.05) is 43.9 Å². The van der Waals surface area contributed by atoms with Gasteiger partial charge in [-0.15, -0.1) is 23.1 Å². The number of ether oxygens (including phenoxy) is 1. The quantitative estimate of drug-likeness (QED) is 0.811. The number of hydrogen-bond donors (Lipinski definition) is 2. The molecule has 1 aliphatic rings. The number of nitrogens with one attached hydrogen (secondary N) is 2. The minimum Gasteiger partial charge on any atom is -0.444 e. The first-order valence-electron chi connectivity index (χ1n) is 8.25. The molecule has 4 nitrogen and oxygen atoms in total. The normalized spacial score (nSPS) is 22.3. The highest BCUT2D eigenvalue weighted by Crippen LogP contribution is 2.43. The van der Waals surface area contributed by atoms with Gasteiger partial charge in [0, 0.05) is 23.9 Å². The number of thioether (sulfide) groups is 1. The molecule has 0 spiro atoms. The Bertz CT molecular complexity index is 525. The molecule has 0 aromatic carbocycles. The Kier molecular flexibility index (Phi) is 6.40. The molecule has 0 saturated heterocycles. The van der Waals surface area contributed by atoms with E-state index in [2.05, 4.69) is 35.9 Å². The molecule has 3 atom stereocenters. The molecule has 2 unspecified atom stereocenters. The van der Waals surface area contributed by atoms with Gasteiger partial charge in [-0.25, -0.2) is 4.79 Å². The third kappa shape index (κ3) is 5.69. The third-order valence-corrected chi connectivity index (χ3v) is 6.07. The lowest BCUT2D eigenvalue weighted by molar-refractivity contribution is 0.0521. The van der Waals surface area contributed by atoms with Crippen LogP contribution in [0.5, 0.6) is 0 Å². The van der Waals surface area contributed by atoms with Gasteiger partial charge in [-0.1, -0.05) is 13.8 Å². The zero-order valence-electron chi connectivity index (χ0n) is 14.6. The Labute approximate surface area is 147 Å². The lowest BCUT2D eigenvalue weighted by atomic mass is 10.0. The van der Waals surface area contributed by atoms with Crippen molar-refractivity contribution in [3.8, 4) is 0 Å². The molecule has 0 fully saturated rings. The van der Waals surface area contributed by atoms with Gasteiger partial charge in [-0.2, -0.15) is 0 Å². The summed E-state index contributed by atoms with van der Waals surface area (Å²) in [6.07, 6.45) is 1.74. The summed E-state index contributed by atoms with van der Waals surface area (Å²) in [7, 11) is 0. The van der Waals surface area contributed by atoms with Crippen LogP contribution in [-0.4, -0.2) is 29.5 Å². The Morgan fingerprint density at radius 2 is 2.22 bits per heavy atom. The standard InChI is InChI=1S/C17H28N2O2S2/c1-6-12(10-18-16(20)21-17(3,4)5)19-14-9-11(2)23-15-13(14)7-8-22-15/h7-8,11-12,14,19H,6,9-10H2,1-5H3,(H,18,20)/t11-,12?,14?/m0/s1. The van der Waals surface area contributed by atoms with E-state index in [0.29, 0.717) is 17.8 Å². The smallest absolute Gasteiger partial charge is 0.407 e. The second-order valence-electron chi connectivity index (χ2n) is 7.03. The molecule has 2 N–H and O–H groups in total. The summed E-state index contributed by atoms with van der Waals surface area (Å²) in [6.45, 7) is 10.6. The zero-order valence-corrected chi connectivity index (χ0v) is 16.3. The molecular formula is C17H28N2O2S2. The molecule has 0 saturated carbocycles. The van der Waals surface area contributed by atoms with E-state index < -0.39 is 5.60 Å². The summed E-state index contributed by atoms with van der Waals surface area (Å²) in [5.41, 5.74) is 0.953. The van der Waals surface area contributed by atoms with Crippen molar-refractivity contribution >= 4 is 29.2 Å². The fourth-order valence-electron chi connectivity index (χ4n) is 2.63. The molecule has 2 rings (SSSR count). The fourth-order valence-corrected chi connectivity index (χ4v) is 5.20. The van der Waals surface area contributed by atoms with Crippen molar-refractivity contribution in [2.45, 2.75) is 74.6 Å². The molecule has 130 valence electrons. The summed E-state index contributed by atoms with van der Waals surface area (Å²) >= 11 is 3.80. The molecule has 1 amide bonds. The number of carbonyl (C=O) groups is 1. The minimum absolute atomic E-state index is 0.246. The van der Waals surface area contributed by atoms with Crippen LogP contribution in [-0.2, 0) is 4.74 Å². The van der Waals surface area contributed by atoms with E-state index >= 15 is 0 Å². The van der Waals surface area contributed by atoms with Crippen molar-refractivity contribution in [3.63, 3.8) is 0 Å². The van der Waals surface area contributed by atoms with Crippen LogP contribution in [0.4, 0.5) is 4.79 Å². The van der Waals surface area contributed by atoms with Gasteiger partial charge >= 0.3 is 6.09 Å². The number of fused-ring (bicyclic) bond motifs is 1. The minimum atomic E-state index is -0.458. The SMILES string of the molecule is CCC(CNC(=O)OC(C)(C)C)NC1C[C@H](C)Sc2sccc21. The average molecular weight is 357 g/mol. The Hall–Kier alpha value is -0.720. The molecule has 1 aromatic heterocycles. The Balaban J connectivity index is 1.89. The van der Waals surface area contributed by atoms with Crippen LogP contribution in [0.1, 0.15) is 59.1 Å². The van der Waals surface area contributed by atoms with Gasteiger partial charge in [0.25, 0.3) is 0 Å². The number of hydrogen-bond acceptors (Lipinski definition) is 5. The van der Waals surface area contributed by atoms with Gasteiger partial charge in [-0.3, -0.25) is 0 Å². The first-order chi connectivity index (χ1) is 10.8. The van der Waals surface area contributed by atoms with Crippen molar-refractivity contribution in [2.24, 2.45) is 0 Å². The van der Waals surface area contributed by atoms with E-state index in [4.69, 9.17) is 4.74 Å². The van der Waals surface area contributed by atoms with Crippen LogP contribution in [0.3, 0.4) is 0 Å². The van der Waals surface area contributed by atoms with Crippen LogP contribution >= 0.6 is 23.1 Å². The molecule has 0 radical (unpaired) electrons. The van der Waals surface area contributed by atoms with Crippen molar-refractivity contribution in [3.05, 3.63) is 17.0 Å². The summed E-state index contributed by atoms with van der Waals surface area (Å²) in [5.74, 6) is 0.